The molecule has 0 spiro atoms. The molecule has 3 rings (SSSR count). The minimum Gasteiger partial charge on any atom is -0.496 e. The van der Waals surface area contributed by atoms with Crippen LogP contribution < -0.4 is 9.47 Å². The Bertz CT molecular complexity index is 789. The number of methoxy groups -OCH3 is 1. The molecule has 0 radical (unpaired) electrons. The molecule has 0 aromatic heterocycles. The lowest BCUT2D eigenvalue weighted by atomic mass is 9.64. The van der Waals surface area contributed by atoms with Gasteiger partial charge in [0, 0.05) is 17.4 Å². The van der Waals surface area contributed by atoms with Crippen molar-refractivity contribution in [2.45, 2.75) is 75.8 Å². The van der Waals surface area contributed by atoms with Crippen LogP contribution in [0.25, 0.3) is 0 Å². The van der Waals surface area contributed by atoms with Gasteiger partial charge in [-0.2, -0.15) is 0 Å². The van der Waals surface area contributed by atoms with Crippen LogP contribution in [0.2, 0.25) is 0 Å². The summed E-state index contributed by atoms with van der Waals surface area (Å²) in [4.78, 5) is 0. The van der Waals surface area contributed by atoms with Crippen molar-refractivity contribution in [3.8, 4) is 11.5 Å². The number of ether oxygens (including phenoxy) is 2. The van der Waals surface area contributed by atoms with Crippen LogP contribution in [-0.4, -0.2) is 55.3 Å². The van der Waals surface area contributed by atoms with Gasteiger partial charge in [-0.3, -0.25) is 0 Å². The zero-order valence-corrected chi connectivity index (χ0v) is 17.6. The fraction of sp³-hybridized carbons (Fsp3) is 0.636. The number of hydrogen-bond acceptors (Lipinski definition) is 8. The summed E-state index contributed by atoms with van der Waals surface area (Å²) in [5.74, 6) is -8.54. The van der Waals surface area contributed by atoms with Gasteiger partial charge in [0.15, 0.2) is 0 Å². The Hall–Kier alpha value is -1.68. The minimum atomic E-state index is -3.74. The normalized spacial score (nSPS) is 23.2. The molecule has 0 bridgehead atoms. The molecule has 0 saturated carbocycles. The Kier molecular flexibility index (Phi) is 6.21. The van der Waals surface area contributed by atoms with E-state index in [9.17, 15) is 30.6 Å². The number of rotatable bonds is 7. The number of aliphatic hydroxyl groups is 6. The van der Waals surface area contributed by atoms with Crippen LogP contribution >= 0.6 is 0 Å². The smallest absolute Gasteiger partial charge is 0.326 e. The van der Waals surface area contributed by atoms with Crippen molar-refractivity contribution in [3.05, 3.63) is 34.9 Å². The largest absolute Gasteiger partial charge is 0.496 e. The van der Waals surface area contributed by atoms with Crippen molar-refractivity contribution >= 4 is 0 Å². The van der Waals surface area contributed by atoms with E-state index in [0.717, 1.165) is 30.4 Å². The maximum Gasteiger partial charge on any atom is 0.326 e. The van der Waals surface area contributed by atoms with Gasteiger partial charge in [-0.25, -0.2) is 0 Å². The molecule has 8 heteroatoms. The van der Waals surface area contributed by atoms with E-state index in [4.69, 9.17) is 9.47 Å². The van der Waals surface area contributed by atoms with Crippen LogP contribution in [0.3, 0.4) is 0 Å². The summed E-state index contributed by atoms with van der Waals surface area (Å²) in [5, 5.41) is 61.1. The van der Waals surface area contributed by atoms with Crippen molar-refractivity contribution in [1.82, 2.24) is 0 Å². The van der Waals surface area contributed by atoms with E-state index in [0.29, 0.717) is 24.2 Å². The van der Waals surface area contributed by atoms with Gasteiger partial charge >= 0.3 is 11.9 Å². The molecule has 2 aliphatic rings. The molecule has 1 aromatic carbocycles. The Morgan fingerprint density at radius 3 is 2.33 bits per heavy atom. The third kappa shape index (κ3) is 3.72. The Morgan fingerprint density at radius 2 is 1.77 bits per heavy atom. The maximum absolute atomic E-state index is 10.2. The molecule has 2 atom stereocenters. The molecular formula is C22H32O8. The van der Waals surface area contributed by atoms with Gasteiger partial charge in [0.2, 0.25) is 0 Å². The summed E-state index contributed by atoms with van der Waals surface area (Å²) in [7, 11) is 1.52. The van der Waals surface area contributed by atoms with Crippen molar-refractivity contribution < 1.29 is 40.1 Å². The van der Waals surface area contributed by atoms with Gasteiger partial charge in [0.1, 0.15) is 11.5 Å². The summed E-state index contributed by atoms with van der Waals surface area (Å²) in [5.41, 5.74) is -0.459. The van der Waals surface area contributed by atoms with Crippen molar-refractivity contribution in [2.24, 2.45) is 5.92 Å². The highest BCUT2D eigenvalue weighted by Crippen LogP contribution is 2.58. The van der Waals surface area contributed by atoms with Gasteiger partial charge in [-0.05, 0) is 50.3 Å². The van der Waals surface area contributed by atoms with E-state index in [-0.39, 0.29) is 12.2 Å². The highest BCUT2D eigenvalue weighted by molar-refractivity contribution is 5.55. The highest BCUT2D eigenvalue weighted by atomic mass is 16.8. The van der Waals surface area contributed by atoms with E-state index >= 15 is 0 Å². The zero-order valence-electron chi connectivity index (χ0n) is 17.6. The fourth-order valence-electron chi connectivity index (χ4n) is 4.88. The zero-order chi connectivity index (χ0) is 22.3. The molecule has 2 unspecified atom stereocenters. The molecule has 1 aliphatic heterocycles. The summed E-state index contributed by atoms with van der Waals surface area (Å²) in [6, 6.07) is 3.56. The van der Waals surface area contributed by atoms with E-state index in [1.807, 2.05) is 19.1 Å². The second-order valence-electron chi connectivity index (χ2n) is 8.46. The first-order valence-corrected chi connectivity index (χ1v) is 10.4. The average Bonchev–Trinajstić information content (AvgIpc) is 2.64. The maximum atomic E-state index is 10.2. The van der Waals surface area contributed by atoms with Gasteiger partial charge < -0.3 is 40.1 Å². The fourth-order valence-corrected chi connectivity index (χ4v) is 4.88. The SMILES string of the molecule is CCCCCc1cc(OC)c2c(c1)OC(C(O)(O)O)(C(O)(O)O)C1CCC(C)=CC21. The van der Waals surface area contributed by atoms with E-state index in [2.05, 4.69) is 6.92 Å². The number of aryl methyl sites for hydroxylation is 1. The molecular weight excluding hydrogens is 392 g/mol. The van der Waals surface area contributed by atoms with E-state index in [1.54, 1.807) is 6.07 Å². The number of hydrogen-bond donors (Lipinski definition) is 6. The summed E-state index contributed by atoms with van der Waals surface area (Å²) in [6.45, 7) is 4.00. The third-order valence-corrected chi connectivity index (χ3v) is 6.32. The Morgan fingerprint density at radius 1 is 1.10 bits per heavy atom. The van der Waals surface area contributed by atoms with Crippen molar-refractivity contribution in [2.75, 3.05) is 7.11 Å². The monoisotopic (exact) mass is 424 g/mol. The van der Waals surface area contributed by atoms with Gasteiger partial charge in [-0.1, -0.05) is 31.4 Å². The topological polar surface area (TPSA) is 140 Å². The summed E-state index contributed by atoms with van der Waals surface area (Å²) in [6.07, 6.45) is 6.24. The minimum absolute atomic E-state index is 0.0936. The number of fused-ring (bicyclic) bond motifs is 3. The van der Waals surface area contributed by atoms with Crippen LogP contribution in [0.15, 0.2) is 23.8 Å². The molecule has 1 heterocycles. The summed E-state index contributed by atoms with van der Waals surface area (Å²) >= 11 is 0. The van der Waals surface area contributed by atoms with Crippen molar-refractivity contribution in [3.63, 3.8) is 0 Å². The molecule has 1 aliphatic carbocycles. The Balaban J connectivity index is 2.23. The second kappa shape index (κ2) is 8.11. The summed E-state index contributed by atoms with van der Waals surface area (Å²) < 4.78 is 11.3. The molecule has 0 amide bonds. The Labute approximate surface area is 176 Å². The van der Waals surface area contributed by atoms with Crippen molar-refractivity contribution in [1.29, 1.82) is 0 Å². The highest BCUT2D eigenvalue weighted by Gasteiger charge is 2.72. The quantitative estimate of drug-likeness (QED) is 0.218. The molecule has 1 aromatic rings. The molecule has 0 saturated heterocycles. The number of unbranched alkanes of at least 4 members (excludes halogenated alkanes) is 2. The molecule has 168 valence electrons. The van der Waals surface area contributed by atoms with Crippen LogP contribution in [-0.2, 0) is 6.42 Å². The van der Waals surface area contributed by atoms with Gasteiger partial charge in [-0.15, -0.1) is 0 Å². The van der Waals surface area contributed by atoms with Crippen LogP contribution in [0.4, 0.5) is 0 Å². The standard InChI is InChI=1S/C22H32O8/c1-4-5-6-7-14-11-17(29-3)19-15-10-13(2)8-9-16(15)20(21(23,24)25,22(26,27)28)30-18(19)12-14/h10-12,15-16,23-28H,4-9H2,1-3H3. The first-order valence-electron chi connectivity index (χ1n) is 10.4. The van der Waals surface area contributed by atoms with E-state index < -0.39 is 29.4 Å². The lowest BCUT2D eigenvalue weighted by Crippen LogP contribution is -2.76. The number of benzene rings is 1. The molecule has 30 heavy (non-hydrogen) atoms. The van der Waals surface area contributed by atoms with Crippen LogP contribution in [0.1, 0.15) is 63.0 Å². The first kappa shape index (κ1) is 23.0. The lowest BCUT2D eigenvalue weighted by molar-refractivity contribution is -0.500. The predicted molar refractivity (Wildman–Crippen MR) is 108 cm³/mol. The van der Waals surface area contributed by atoms with Gasteiger partial charge in [0.05, 0.1) is 7.11 Å². The predicted octanol–water partition coefficient (Wildman–Crippen LogP) is 1.26. The van der Waals surface area contributed by atoms with Gasteiger partial charge in [0.25, 0.3) is 5.60 Å². The van der Waals surface area contributed by atoms with Crippen LogP contribution in [0, 0.1) is 5.92 Å². The molecule has 8 nitrogen and oxygen atoms in total. The second-order valence-corrected chi connectivity index (χ2v) is 8.46. The lowest BCUT2D eigenvalue weighted by Gasteiger charge is -2.54. The first-order chi connectivity index (χ1) is 14.0. The number of allylic oxidation sites excluding steroid dienone is 2. The van der Waals surface area contributed by atoms with Crippen LogP contribution in [0.5, 0.6) is 11.5 Å². The average molecular weight is 424 g/mol. The third-order valence-electron chi connectivity index (χ3n) is 6.32. The van der Waals surface area contributed by atoms with E-state index in [1.165, 1.54) is 7.11 Å². The molecule has 6 N–H and O–H groups in total. The molecule has 0 fully saturated rings.